The van der Waals surface area contributed by atoms with Crippen LogP contribution in [-0.2, 0) is 0 Å². The molecule has 0 N–H and O–H groups in total. The largest absolute Gasteiger partial charge is 0.256 e. The molecule has 2 heterocycles. The molecular weight excluding hydrogens is 657 g/mol. The van der Waals surface area contributed by atoms with Crippen LogP contribution in [0.15, 0.2) is 194 Å². The number of para-hydroxylation sites is 1. The molecular formula is C50H32N4. The van der Waals surface area contributed by atoms with Crippen LogP contribution in [0.2, 0.25) is 0 Å². The number of nitrogens with zero attached hydrogens (tertiary/aromatic N) is 4. The van der Waals surface area contributed by atoms with E-state index < -0.39 is 0 Å². The van der Waals surface area contributed by atoms with Gasteiger partial charge in [0.1, 0.15) is 0 Å². The van der Waals surface area contributed by atoms with Crippen molar-refractivity contribution in [3.8, 4) is 67.5 Å². The fraction of sp³-hybridized carbons (Fsp3) is 0. The topological polar surface area (TPSA) is 51.6 Å². The molecule has 0 spiro atoms. The monoisotopic (exact) mass is 688 g/mol. The minimum atomic E-state index is 0.620. The summed E-state index contributed by atoms with van der Waals surface area (Å²) in [6.07, 6.45) is 1.93. The van der Waals surface area contributed by atoms with E-state index in [4.69, 9.17) is 15.0 Å². The van der Waals surface area contributed by atoms with Gasteiger partial charge in [-0.25, -0.2) is 15.0 Å². The van der Waals surface area contributed by atoms with Gasteiger partial charge in [-0.2, -0.15) is 0 Å². The van der Waals surface area contributed by atoms with E-state index in [-0.39, 0.29) is 0 Å². The van der Waals surface area contributed by atoms with Crippen molar-refractivity contribution in [2.75, 3.05) is 0 Å². The third-order valence-electron chi connectivity index (χ3n) is 10.2. The molecule has 4 nitrogen and oxygen atoms in total. The molecule has 4 heteroatoms. The summed E-state index contributed by atoms with van der Waals surface area (Å²) in [6, 6.07) is 65.7. The summed E-state index contributed by atoms with van der Waals surface area (Å²) in [5.41, 5.74) is 10.6. The Hall–Kier alpha value is -7.30. The number of benzene rings is 8. The van der Waals surface area contributed by atoms with Crippen LogP contribution in [0.4, 0.5) is 0 Å². The Labute approximate surface area is 313 Å². The van der Waals surface area contributed by atoms with Crippen LogP contribution >= 0.6 is 0 Å². The van der Waals surface area contributed by atoms with E-state index in [0.29, 0.717) is 17.5 Å². The fourth-order valence-corrected chi connectivity index (χ4v) is 7.36. The average molecular weight is 689 g/mol. The molecule has 252 valence electrons. The highest BCUT2D eigenvalue weighted by molar-refractivity contribution is 5.98. The van der Waals surface area contributed by atoms with Gasteiger partial charge in [-0.05, 0) is 61.5 Å². The van der Waals surface area contributed by atoms with Crippen LogP contribution in [0.5, 0.6) is 0 Å². The molecule has 0 aliphatic rings. The molecule has 2 aromatic heterocycles. The predicted molar refractivity (Wildman–Crippen MR) is 223 cm³/mol. The SMILES string of the molecule is c1ccc2ncc(-c3ccc(-c4nc(-c5ccc(-c6cccc7ccccc67)cc5)nc(-c5ccc(-c6cccc7ccccc67)cc5)n4)cc3)cc2c1. The van der Waals surface area contributed by atoms with Gasteiger partial charge >= 0.3 is 0 Å². The summed E-state index contributed by atoms with van der Waals surface area (Å²) in [6.45, 7) is 0. The van der Waals surface area contributed by atoms with Gasteiger partial charge in [0.2, 0.25) is 0 Å². The Morgan fingerprint density at radius 2 is 0.667 bits per heavy atom. The second-order valence-electron chi connectivity index (χ2n) is 13.5. The normalized spacial score (nSPS) is 11.3. The molecule has 0 unspecified atom stereocenters. The molecule has 0 radical (unpaired) electrons. The maximum atomic E-state index is 5.07. The van der Waals surface area contributed by atoms with E-state index in [1.807, 2.05) is 24.4 Å². The van der Waals surface area contributed by atoms with Crippen LogP contribution in [-0.4, -0.2) is 19.9 Å². The quantitative estimate of drug-likeness (QED) is 0.174. The Morgan fingerprint density at radius 1 is 0.278 bits per heavy atom. The molecule has 0 aliphatic heterocycles. The van der Waals surface area contributed by atoms with Crippen molar-refractivity contribution in [1.29, 1.82) is 0 Å². The van der Waals surface area contributed by atoms with Gasteiger partial charge in [0, 0.05) is 33.8 Å². The Morgan fingerprint density at radius 3 is 1.17 bits per heavy atom. The minimum absolute atomic E-state index is 0.620. The molecule has 8 aromatic carbocycles. The van der Waals surface area contributed by atoms with Gasteiger partial charge in [-0.3, -0.25) is 4.98 Å². The molecule has 10 aromatic rings. The van der Waals surface area contributed by atoms with E-state index in [2.05, 4.69) is 175 Å². The number of hydrogen-bond donors (Lipinski definition) is 0. The molecule has 0 bridgehead atoms. The average Bonchev–Trinajstić information content (AvgIpc) is 3.26. The standard InChI is InChI=1S/C50H32N4/c1-4-14-43-34(9-1)12-7-16-45(43)36-21-27-39(28-22-36)49-52-48(38-25-19-33(20-26-38)42-31-41-11-3-6-18-47(41)51-32-42)53-50(54-49)40-29-23-37(24-30-40)46-17-8-13-35-10-2-5-15-44(35)46/h1-32H. The van der Waals surface area contributed by atoms with Gasteiger partial charge in [0.25, 0.3) is 0 Å². The molecule has 0 saturated heterocycles. The Bertz CT molecular complexity index is 2820. The zero-order valence-electron chi connectivity index (χ0n) is 29.3. The summed E-state index contributed by atoms with van der Waals surface area (Å²) in [5.74, 6) is 1.87. The number of aromatic nitrogens is 4. The number of rotatable bonds is 6. The van der Waals surface area contributed by atoms with E-state index in [9.17, 15) is 0 Å². The zero-order valence-corrected chi connectivity index (χ0v) is 29.3. The van der Waals surface area contributed by atoms with Crippen LogP contribution in [0.1, 0.15) is 0 Å². The predicted octanol–water partition coefficient (Wildman–Crippen LogP) is 12.7. The molecule has 0 saturated carbocycles. The third kappa shape index (κ3) is 5.86. The first-order valence-electron chi connectivity index (χ1n) is 18.1. The number of fused-ring (bicyclic) bond motifs is 3. The molecule has 10 rings (SSSR count). The second-order valence-corrected chi connectivity index (χ2v) is 13.5. The lowest BCUT2D eigenvalue weighted by atomic mass is 9.97. The van der Waals surface area contributed by atoms with Crippen LogP contribution < -0.4 is 0 Å². The third-order valence-corrected chi connectivity index (χ3v) is 10.2. The molecule has 0 fully saturated rings. The number of hydrogen-bond acceptors (Lipinski definition) is 4. The lowest BCUT2D eigenvalue weighted by molar-refractivity contribution is 1.07. The summed E-state index contributed by atoms with van der Waals surface area (Å²) in [5, 5.41) is 6.02. The Kier molecular flexibility index (Phi) is 7.77. The summed E-state index contributed by atoms with van der Waals surface area (Å²) in [7, 11) is 0. The van der Waals surface area contributed by atoms with Gasteiger partial charge in [-0.15, -0.1) is 0 Å². The molecule has 0 amide bonds. The first-order valence-corrected chi connectivity index (χ1v) is 18.1. The van der Waals surface area contributed by atoms with E-state index in [0.717, 1.165) is 49.8 Å². The first kappa shape index (κ1) is 31.4. The second kappa shape index (κ2) is 13.4. The van der Waals surface area contributed by atoms with Crippen molar-refractivity contribution in [3.63, 3.8) is 0 Å². The summed E-state index contributed by atoms with van der Waals surface area (Å²) < 4.78 is 0. The lowest BCUT2D eigenvalue weighted by Gasteiger charge is -2.11. The number of pyridine rings is 1. The smallest absolute Gasteiger partial charge is 0.164 e. The van der Waals surface area contributed by atoms with Crippen molar-refractivity contribution in [2.24, 2.45) is 0 Å². The van der Waals surface area contributed by atoms with Gasteiger partial charge < -0.3 is 0 Å². The lowest BCUT2D eigenvalue weighted by Crippen LogP contribution is -2.00. The molecule has 0 atom stereocenters. The summed E-state index contributed by atoms with van der Waals surface area (Å²) >= 11 is 0. The minimum Gasteiger partial charge on any atom is -0.256 e. The van der Waals surface area contributed by atoms with Gasteiger partial charge in [0.05, 0.1) is 5.52 Å². The molecule has 0 aliphatic carbocycles. The first-order chi connectivity index (χ1) is 26.7. The van der Waals surface area contributed by atoms with Crippen molar-refractivity contribution in [2.45, 2.75) is 0 Å². The maximum Gasteiger partial charge on any atom is 0.164 e. The summed E-state index contributed by atoms with van der Waals surface area (Å²) in [4.78, 5) is 19.9. The van der Waals surface area contributed by atoms with Gasteiger partial charge in [-0.1, -0.05) is 176 Å². The fourth-order valence-electron chi connectivity index (χ4n) is 7.36. The van der Waals surface area contributed by atoms with Crippen LogP contribution in [0, 0.1) is 0 Å². The van der Waals surface area contributed by atoms with Gasteiger partial charge in [0.15, 0.2) is 17.5 Å². The van der Waals surface area contributed by atoms with Crippen LogP contribution in [0.25, 0.3) is 100.0 Å². The highest BCUT2D eigenvalue weighted by atomic mass is 15.0. The highest BCUT2D eigenvalue weighted by Crippen LogP contribution is 2.34. The van der Waals surface area contributed by atoms with Crippen molar-refractivity contribution in [1.82, 2.24) is 19.9 Å². The van der Waals surface area contributed by atoms with E-state index in [1.165, 1.54) is 32.7 Å². The van der Waals surface area contributed by atoms with E-state index in [1.54, 1.807) is 0 Å². The maximum absolute atomic E-state index is 5.07. The van der Waals surface area contributed by atoms with Crippen LogP contribution in [0.3, 0.4) is 0 Å². The van der Waals surface area contributed by atoms with E-state index >= 15 is 0 Å². The highest BCUT2D eigenvalue weighted by Gasteiger charge is 2.14. The zero-order chi connectivity index (χ0) is 35.8. The van der Waals surface area contributed by atoms with Crippen molar-refractivity contribution >= 4 is 32.4 Å². The Balaban J connectivity index is 1.04. The van der Waals surface area contributed by atoms with Crippen molar-refractivity contribution in [3.05, 3.63) is 194 Å². The van der Waals surface area contributed by atoms with Crippen molar-refractivity contribution < 1.29 is 0 Å². The molecule has 54 heavy (non-hydrogen) atoms.